The van der Waals surface area contributed by atoms with E-state index in [1.165, 1.54) is 11.3 Å². The Morgan fingerprint density at radius 1 is 1.26 bits per heavy atom. The van der Waals surface area contributed by atoms with Crippen molar-refractivity contribution >= 4 is 32.4 Å². The van der Waals surface area contributed by atoms with Crippen LogP contribution in [0.25, 0.3) is 10.2 Å². The number of aliphatic hydroxyl groups is 1. The molecule has 0 bridgehead atoms. The molecule has 0 radical (unpaired) electrons. The minimum atomic E-state index is -2.90. The maximum absolute atomic E-state index is 13.8. The molecule has 23 heavy (non-hydrogen) atoms. The Kier molecular flexibility index (Phi) is 3.57. The van der Waals surface area contributed by atoms with Gasteiger partial charge in [-0.15, -0.1) is 0 Å². The molecule has 122 valence electrons. The Bertz CT molecular complexity index is 730. The number of hydrogen-bond donors (Lipinski definition) is 1. The fourth-order valence-electron chi connectivity index (χ4n) is 3.50. The fraction of sp³-hybridized carbons (Fsp3) is 0.500. The highest BCUT2D eigenvalue weighted by atomic mass is 32.1. The lowest BCUT2D eigenvalue weighted by atomic mass is 9.88. The molecule has 0 saturated heterocycles. The van der Waals surface area contributed by atoms with Gasteiger partial charge in [0, 0.05) is 5.71 Å². The number of rotatable bonds is 2. The van der Waals surface area contributed by atoms with E-state index in [1.807, 2.05) is 24.3 Å². The van der Waals surface area contributed by atoms with Gasteiger partial charge < -0.3 is 5.11 Å². The number of halogens is 2. The van der Waals surface area contributed by atoms with Crippen molar-refractivity contribution in [3.8, 4) is 0 Å². The second-order valence-electron chi connectivity index (χ2n) is 6.10. The molecule has 0 unspecified atom stereocenters. The van der Waals surface area contributed by atoms with E-state index in [-0.39, 0.29) is 0 Å². The van der Waals surface area contributed by atoms with E-state index in [2.05, 4.69) is 10.1 Å². The van der Waals surface area contributed by atoms with Crippen LogP contribution < -0.4 is 5.01 Å². The minimum absolute atomic E-state index is 0.328. The van der Waals surface area contributed by atoms with Crippen LogP contribution in [0.3, 0.4) is 0 Å². The topological polar surface area (TPSA) is 48.7 Å². The SMILES string of the molecule is O[C@@]1(C(F)F)[C@H]2CCCCCC2=NN1c1nc2ccccc2s1. The summed E-state index contributed by atoms with van der Waals surface area (Å²) in [6.07, 6.45) is 1.08. The van der Waals surface area contributed by atoms with E-state index in [4.69, 9.17) is 0 Å². The summed E-state index contributed by atoms with van der Waals surface area (Å²) in [5.41, 5.74) is -0.867. The van der Waals surface area contributed by atoms with E-state index >= 15 is 0 Å². The van der Waals surface area contributed by atoms with Gasteiger partial charge in [-0.05, 0) is 31.4 Å². The number of fused-ring (bicyclic) bond motifs is 2. The standard InChI is InChI=1S/C16H17F2N3OS/c17-14(18)16(22)10-6-2-1-3-7-11(10)20-21(16)15-19-12-8-4-5-9-13(12)23-15/h4-5,8-10,14,22H,1-3,6-7H2/t10-,16+/m0/s1. The summed E-state index contributed by atoms with van der Waals surface area (Å²) in [5, 5.41) is 16.6. The zero-order valence-corrected chi connectivity index (χ0v) is 13.3. The smallest absolute Gasteiger partial charge is 0.287 e. The lowest BCUT2D eigenvalue weighted by Crippen LogP contribution is -2.54. The number of hydrazone groups is 1. The van der Waals surface area contributed by atoms with Gasteiger partial charge in [0.15, 0.2) is 0 Å². The summed E-state index contributed by atoms with van der Waals surface area (Å²) in [5.74, 6) is -0.614. The van der Waals surface area contributed by atoms with Gasteiger partial charge in [0.25, 0.3) is 6.43 Å². The predicted octanol–water partition coefficient (Wildman–Crippen LogP) is 4.01. The summed E-state index contributed by atoms with van der Waals surface area (Å²) in [7, 11) is 0. The number of alkyl halides is 2. The lowest BCUT2D eigenvalue weighted by Gasteiger charge is -2.34. The Morgan fingerprint density at radius 2 is 2.09 bits per heavy atom. The molecule has 2 atom stereocenters. The van der Waals surface area contributed by atoms with Crippen LogP contribution in [0.1, 0.15) is 32.1 Å². The van der Waals surface area contributed by atoms with Crippen molar-refractivity contribution in [2.45, 2.75) is 44.3 Å². The highest BCUT2D eigenvalue weighted by Crippen LogP contribution is 2.45. The molecular formula is C16H17F2N3OS. The van der Waals surface area contributed by atoms with Crippen molar-refractivity contribution in [2.24, 2.45) is 11.0 Å². The fourth-order valence-corrected chi connectivity index (χ4v) is 4.48. The van der Waals surface area contributed by atoms with E-state index < -0.39 is 18.1 Å². The molecule has 0 spiro atoms. The number of hydrogen-bond acceptors (Lipinski definition) is 5. The number of para-hydroxylation sites is 1. The Balaban J connectivity index is 1.81. The van der Waals surface area contributed by atoms with Gasteiger partial charge >= 0.3 is 0 Å². The summed E-state index contributed by atoms with van der Waals surface area (Å²) in [6, 6.07) is 7.45. The second-order valence-corrected chi connectivity index (χ2v) is 7.11. The third-order valence-corrected chi connectivity index (χ3v) is 5.71. The number of aromatic nitrogens is 1. The number of thiazole rings is 1. The van der Waals surface area contributed by atoms with Crippen LogP contribution in [0, 0.1) is 5.92 Å². The second kappa shape index (κ2) is 5.49. The largest absolute Gasteiger partial charge is 0.364 e. The van der Waals surface area contributed by atoms with Gasteiger partial charge in [-0.25, -0.2) is 18.8 Å². The first-order chi connectivity index (χ1) is 11.1. The van der Waals surface area contributed by atoms with Crippen molar-refractivity contribution in [3.63, 3.8) is 0 Å². The molecule has 1 aromatic carbocycles. The Morgan fingerprint density at radius 3 is 2.87 bits per heavy atom. The Labute approximate surface area is 136 Å². The molecule has 0 amide bonds. The minimum Gasteiger partial charge on any atom is -0.364 e. The van der Waals surface area contributed by atoms with Crippen molar-refractivity contribution in [2.75, 3.05) is 5.01 Å². The molecule has 1 aliphatic heterocycles. The normalized spacial score (nSPS) is 28.1. The monoisotopic (exact) mass is 337 g/mol. The highest BCUT2D eigenvalue weighted by molar-refractivity contribution is 7.22. The van der Waals surface area contributed by atoms with Crippen LogP contribution >= 0.6 is 11.3 Å². The molecule has 4 nitrogen and oxygen atoms in total. The van der Waals surface area contributed by atoms with Gasteiger partial charge in [0.1, 0.15) is 0 Å². The van der Waals surface area contributed by atoms with E-state index in [0.717, 1.165) is 34.5 Å². The molecule has 1 aliphatic carbocycles. The van der Waals surface area contributed by atoms with Crippen molar-refractivity contribution in [1.29, 1.82) is 0 Å². The Hall–Kier alpha value is -1.60. The molecule has 7 heteroatoms. The molecule has 4 rings (SSSR count). The first-order valence-electron chi connectivity index (χ1n) is 7.84. The van der Waals surface area contributed by atoms with Gasteiger partial charge in [-0.2, -0.15) is 5.10 Å². The number of anilines is 1. The van der Waals surface area contributed by atoms with Gasteiger partial charge in [0.2, 0.25) is 10.9 Å². The summed E-state index contributed by atoms with van der Waals surface area (Å²) in [4.78, 5) is 4.40. The van der Waals surface area contributed by atoms with E-state index in [1.54, 1.807) is 0 Å². The van der Waals surface area contributed by atoms with Crippen molar-refractivity contribution in [1.82, 2.24) is 4.98 Å². The summed E-state index contributed by atoms with van der Waals surface area (Å²) in [6.45, 7) is 0. The third kappa shape index (κ3) is 2.25. The average molecular weight is 337 g/mol. The first kappa shape index (κ1) is 15.0. The van der Waals surface area contributed by atoms with E-state index in [9.17, 15) is 13.9 Å². The zero-order valence-electron chi connectivity index (χ0n) is 12.5. The van der Waals surface area contributed by atoms with E-state index in [0.29, 0.717) is 23.7 Å². The van der Waals surface area contributed by atoms with Gasteiger partial charge in [-0.3, -0.25) is 0 Å². The maximum Gasteiger partial charge on any atom is 0.287 e. The molecular weight excluding hydrogens is 320 g/mol. The quantitative estimate of drug-likeness (QED) is 0.901. The molecule has 2 aliphatic rings. The summed E-state index contributed by atoms with van der Waals surface area (Å²) >= 11 is 1.28. The average Bonchev–Trinajstić information content (AvgIpc) is 2.98. The van der Waals surface area contributed by atoms with Crippen LogP contribution in [-0.4, -0.2) is 28.0 Å². The van der Waals surface area contributed by atoms with Gasteiger partial charge in [0.05, 0.1) is 16.1 Å². The molecule has 1 aromatic heterocycles. The molecule has 1 fully saturated rings. The molecule has 1 saturated carbocycles. The van der Waals surface area contributed by atoms with Crippen LogP contribution in [0.5, 0.6) is 0 Å². The van der Waals surface area contributed by atoms with Crippen LogP contribution in [-0.2, 0) is 0 Å². The van der Waals surface area contributed by atoms with Crippen molar-refractivity contribution < 1.29 is 13.9 Å². The lowest BCUT2D eigenvalue weighted by molar-refractivity contribution is -0.113. The van der Waals surface area contributed by atoms with Crippen molar-refractivity contribution in [3.05, 3.63) is 24.3 Å². The van der Waals surface area contributed by atoms with Crippen LogP contribution in [0.2, 0.25) is 0 Å². The van der Waals surface area contributed by atoms with Crippen LogP contribution in [0.15, 0.2) is 29.4 Å². The zero-order chi connectivity index (χ0) is 16.0. The molecule has 2 aromatic rings. The molecule has 2 heterocycles. The van der Waals surface area contributed by atoms with Gasteiger partial charge in [-0.1, -0.05) is 36.3 Å². The first-order valence-corrected chi connectivity index (χ1v) is 8.66. The number of benzene rings is 1. The highest BCUT2D eigenvalue weighted by Gasteiger charge is 2.57. The number of nitrogens with zero attached hydrogens (tertiary/aromatic N) is 3. The van der Waals surface area contributed by atoms with Crippen LogP contribution in [0.4, 0.5) is 13.9 Å². The summed E-state index contributed by atoms with van der Waals surface area (Å²) < 4.78 is 28.6. The molecule has 1 N–H and O–H groups in total. The third-order valence-electron chi connectivity index (χ3n) is 4.69. The predicted molar refractivity (Wildman–Crippen MR) is 87.1 cm³/mol. The maximum atomic E-state index is 13.8.